The van der Waals surface area contributed by atoms with Crippen LogP contribution in [0, 0.1) is 17.3 Å². The topological polar surface area (TPSA) is 95.9 Å². The molecule has 2 N–H and O–H groups in total. The molecule has 26 heavy (non-hydrogen) atoms. The average Bonchev–Trinajstić information content (AvgIpc) is 2.84. The van der Waals surface area contributed by atoms with E-state index in [1.54, 1.807) is 26.8 Å². The Morgan fingerprint density at radius 2 is 2.00 bits per heavy atom. The molecule has 0 aromatic carbocycles. The molecule has 0 unspecified atom stereocenters. The second-order valence-electron chi connectivity index (χ2n) is 8.79. The number of hydrogen-bond donors (Lipinski definition) is 2. The first-order valence-corrected chi connectivity index (χ1v) is 9.04. The molecule has 2 aliphatic rings. The van der Waals surface area contributed by atoms with Crippen molar-refractivity contribution in [2.45, 2.75) is 65.1 Å². The number of rotatable bonds is 6. The fourth-order valence-corrected chi connectivity index (χ4v) is 3.99. The number of likely N-dealkylation sites (tertiary alicyclic amines) is 1. The fourth-order valence-electron chi connectivity index (χ4n) is 3.99. The van der Waals surface area contributed by atoms with Crippen LogP contribution < -0.4 is 5.32 Å². The van der Waals surface area contributed by atoms with Gasteiger partial charge in [-0.15, -0.1) is 6.58 Å². The number of aliphatic carboxylic acids is 1. The molecule has 0 aromatic heterocycles. The highest BCUT2D eigenvalue weighted by Gasteiger charge is 2.69. The number of nitrogens with zero attached hydrogens (tertiary/aromatic N) is 1. The zero-order valence-electron chi connectivity index (χ0n) is 16.2. The summed E-state index contributed by atoms with van der Waals surface area (Å²) in [5, 5.41) is 12.2. The van der Waals surface area contributed by atoms with Crippen molar-refractivity contribution < 1.29 is 24.2 Å². The van der Waals surface area contributed by atoms with E-state index in [0.717, 1.165) is 0 Å². The normalized spacial score (nSPS) is 27.3. The van der Waals surface area contributed by atoms with Gasteiger partial charge < -0.3 is 20.1 Å². The summed E-state index contributed by atoms with van der Waals surface area (Å²) < 4.78 is 5.24. The fraction of sp³-hybridized carbons (Fsp3) is 0.737. The lowest BCUT2D eigenvalue weighted by molar-refractivity contribution is -0.151. The predicted molar refractivity (Wildman–Crippen MR) is 96.5 cm³/mol. The third-order valence-electron chi connectivity index (χ3n) is 5.39. The van der Waals surface area contributed by atoms with Crippen LogP contribution in [-0.4, -0.2) is 52.2 Å². The minimum atomic E-state index is -0.990. The molecule has 7 heteroatoms. The van der Waals surface area contributed by atoms with E-state index in [9.17, 15) is 19.5 Å². The van der Waals surface area contributed by atoms with E-state index in [2.05, 4.69) is 11.9 Å². The largest absolute Gasteiger partial charge is 0.480 e. The summed E-state index contributed by atoms with van der Waals surface area (Å²) in [4.78, 5) is 38.3. The van der Waals surface area contributed by atoms with Crippen LogP contribution in [0.25, 0.3) is 0 Å². The SMILES string of the molecule is C=CCC[C@H](NC(=O)OC(C)(C)C)C(=O)N1C[C@H]2[C@@H]([C@H]1C(=O)O)C2(C)C. The summed E-state index contributed by atoms with van der Waals surface area (Å²) in [6.45, 7) is 13.3. The van der Waals surface area contributed by atoms with Gasteiger partial charge in [0, 0.05) is 12.5 Å². The first-order valence-electron chi connectivity index (χ1n) is 9.04. The number of carbonyl (C=O) groups excluding carboxylic acids is 2. The number of alkyl carbamates (subject to hydrolysis) is 1. The van der Waals surface area contributed by atoms with Gasteiger partial charge in [-0.05, 0) is 44.9 Å². The predicted octanol–water partition coefficient (Wildman–Crippen LogP) is 2.41. The van der Waals surface area contributed by atoms with Gasteiger partial charge in [0.05, 0.1) is 0 Å². The molecule has 2 rings (SSSR count). The van der Waals surface area contributed by atoms with Gasteiger partial charge in [0.25, 0.3) is 0 Å². The van der Waals surface area contributed by atoms with Crippen LogP contribution in [0.3, 0.4) is 0 Å². The minimum Gasteiger partial charge on any atom is -0.480 e. The van der Waals surface area contributed by atoms with Gasteiger partial charge in [-0.3, -0.25) is 4.79 Å². The Hall–Kier alpha value is -2.05. The monoisotopic (exact) mass is 366 g/mol. The van der Waals surface area contributed by atoms with Gasteiger partial charge in [-0.25, -0.2) is 9.59 Å². The summed E-state index contributed by atoms with van der Waals surface area (Å²) in [5.74, 6) is -1.20. The molecule has 1 heterocycles. The number of nitrogens with one attached hydrogen (secondary N) is 1. The molecule has 0 aromatic rings. The Labute approximate surface area is 154 Å². The summed E-state index contributed by atoms with van der Waals surface area (Å²) in [6, 6.07) is -1.67. The molecular weight excluding hydrogens is 336 g/mol. The van der Waals surface area contributed by atoms with Crippen molar-refractivity contribution in [1.82, 2.24) is 10.2 Å². The molecular formula is C19H30N2O5. The maximum atomic E-state index is 13.0. The van der Waals surface area contributed by atoms with E-state index in [1.807, 2.05) is 13.8 Å². The molecule has 0 radical (unpaired) electrons. The highest BCUT2D eigenvalue weighted by atomic mass is 16.6. The zero-order chi connectivity index (χ0) is 19.9. The van der Waals surface area contributed by atoms with Crippen LogP contribution in [0.2, 0.25) is 0 Å². The van der Waals surface area contributed by atoms with E-state index in [4.69, 9.17) is 4.74 Å². The van der Waals surface area contributed by atoms with E-state index >= 15 is 0 Å². The van der Waals surface area contributed by atoms with Gasteiger partial charge in [0.2, 0.25) is 5.91 Å². The van der Waals surface area contributed by atoms with Crippen molar-refractivity contribution in [2.24, 2.45) is 17.3 Å². The second kappa shape index (κ2) is 6.93. The van der Waals surface area contributed by atoms with Crippen molar-refractivity contribution in [3.05, 3.63) is 12.7 Å². The van der Waals surface area contributed by atoms with Gasteiger partial charge >= 0.3 is 12.1 Å². The number of allylic oxidation sites excluding steroid dienone is 1. The number of amides is 2. The Bertz CT molecular complexity index is 608. The van der Waals surface area contributed by atoms with Gasteiger partial charge in [0.1, 0.15) is 17.7 Å². The number of carboxylic acid groups (broad SMARTS) is 1. The summed E-state index contributed by atoms with van der Waals surface area (Å²) in [6.07, 6.45) is 1.85. The molecule has 1 aliphatic heterocycles. The Kier molecular flexibility index (Phi) is 5.40. The molecule has 0 spiro atoms. The third-order valence-corrected chi connectivity index (χ3v) is 5.39. The quantitative estimate of drug-likeness (QED) is 0.704. The van der Waals surface area contributed by atoms with Crippen molar-refractivity contribution in [3.63, 3.8) is 0 Å². The summed E-state index contributed by atoms with van der Waals surface area (Å²) in [7, 11) is 0. The molecule has 2 fully saturated rings. The van der Waals surface area contributed by atoms with Gasteiger partial charge in [-0.2, -0.15) is 0 Å². The van der Waals surface area contributed by atoms with Crippen LogP contribution in [0.15, 0.2) is 12.7 Å². The smallest absolute Gasteiger partial charge is 0.408 e. The maximum absolute atomic E-state index is 13.0. The highest BCUT2D eigenvalue weighted by molar-refractivity contribution is 5.90. The minimum absolute atomic E-state index is 0.0365. The summed E-state index contributed by atoms with van der Waals surface area (Å²) >= 11 is 0. The molecule has 1 saturated heterocycles. The summed E-state index contributed by atoms with van der Waals surface area (Å²) in [5.41, 5.74) is -0.742. The first-order chi connectivity index (χ1) is 11.9. The lowest BCUT2D eigenvalue weighted by Gasteiger charge is -2.32. The standard InChI is InChI=1S/C19H30N2O5/c1-7-8-9-12(20-17(25)26-18(2,3)4)15(22)21-10-11-13(19(11,5)6)14(21)16(23)24/h7,11-14H,1,8-10H2,2-6H3,(H,20,25)(H,23,24)/t11-,12-,13-,14-/m0/s1. The number of piperidine rings is 1. The Morgan fingerprint density at radius 3 is 2.50 bits per heavy atom. The molecule has 7 nitrogen and oxygen atoms in total. The van der Waals surface area contributed by atoms with Gasteiger partial charge in [0.15, 0.2) is 0 Å². The Balaban J connectivity index is 2.12. The lowest BCUT2D eigenvalue weighted by Crippen LogP contribution is -2.54. The van der Waals surface area contributed by atoms with Crippen LogP contribution in [0.4, 0.5) is 4.79 Å². The molecule has 1 saturated carbocycles. The van der Waals surface area contributed by atoms with Crippen LogP contribution in [0.5, 0.6) is 0 Å². The van der Waals surface area contributed by atoms with Crippen molar-refractivity contribution in [1.29, 1.82) is 0 Å². The van der Waals surface area contributed by atoms with E-state index in [1.165, 1.54) is 4.90 Å². The third kappa shape index (κ3) is 4.02. The average molecular weight is 366 g/mol. The van der Waals surface area contributed by atoms with Crippen molar-refractivity contribution >= 4 is 18.0 Å². The van der Waals surface area contributed by atoms with E-state index in [0.29, 0.717) is 19.4 Å². The van der Waals surface area contributed by atoms with Gasteiger partial charge in [-0.1, -0.05) is 19.9 Å². The number of ether oxygens (including phenoxy) is 1. The first kappa shape index (κ1) is 20.3. The van der Waals surface area contributed by atoms with E-state index < -0.39 is 29.7 Å². The van der Waals surface area contributed by atoms with Crippen molar-refractivity contribution in [3.8, 4) is 0 Å². The molecule has 146 valence electrons. The lowest BCUT2D eigenvalue weighted by atomic mass is 10.00. The van der Waals surface area contributed by atoms with Crippen LogP contribution in [0.1, 0.15) is 47.5 Å². The highest BCUT2D eigenvalue weighted by Crippen LogP contribution is 2.64. The van der Waals surface area contributed by atoms with E-state index in [-0.39, 0.29) is 23.2 Å². The van der Waals surface area contributed by atoms with Crippen molar-refractivity contribution in [2.75, 3.05) is 6.54 Å². The number of carbonyl (C=O) groups is 3. The molecule has 1 aliphatic carbocycles. The number of carboxylic acids is 1. The van der Waals surface area contributed by atoms with Crippen LogP contribution in [-0.2, 0) is 14.3 Å². The second-order valence-corrected chi connectivity index (χ2v) is 8.79. The number of hydrogen-bond acceptors (Lipinski definition) is 4. The zero-order valence-corrected chi connectivity index (χ0v) is 16.2. The molecule has 0 bridgehead atoms. The number of fused-ring (bicyclic) bond motifs is 1. The molecule has 2 amide bonds. The maximum Gasteiger partial charge on any atom is 0.408 e. The molecule has 4 atom stereocenters. The Morgan fingerprint density at radius 1 is 1.38 bits per heavy atom. The van der Waals surface area contributed by atoms with Crippen LogP contribution >= 0.6 is 0 Å².